The van der Waals surface area contributed by atoms with Gasteiger partial charge in [0.25, 0.3) is 0 Å². The van der Waals surface area contributed by atoms with Crippen LogP contribution in [0, 0.1) is 11.8 Å². The summed E-state index contributed by atoms with van der Waals surface area (Å²) in [5.74, 6) is -2.71. The Bertz CT molecular complexity index is 410. The molecule has 0 bridgehead atoms. The summed E-state index contributed by atoms with van der Waals surface area (Å²) >= 11 is 0. The van der Waals surface area contributed by atoms with E-state index in [9.17, 15) is 14.4 Å². The Hall–Kier alpha value is -1.63. The second-order valence-electron chi connectivity index (χ2n) is 5.15. The number of methoxy groups -OCH3 is 1. The molecule has 1 aliphatic carbocycles. The number of ether oxygens (including phenoxy) is 2. The number of hydrogen-bond donors (Lipinski definition) is 1. The third kappa shape index (κ3) is 2.92. The van der Waals surface area contributed by atoms with Crippen molar-refractivity contribution in [1.29, 1.82) is 0 Å². The highest BCUT2D eigenvalue weighted by atomic mass is 16.6. The maximum atomic E-state index is 12.4. The number of nitrogens with zero attached hydrogens (tertiary/aromatic N) is 1. The van der Waals surface area contributed by atoms with Crippen LogP contribution < -0.4 is 0 Å². The molecule has 2 aliphatic rings. The van der Waals surface area contributed by atoms with E-state index in [1.165, 1.54) is 12.0 Å². The molecule has 1 N–H and O–H groups in total. The molecule has 0 aromatic rings. The normalized spacial score (nSPS) is 30.1. The zero-order valence-corrected chi connectivity index (χ0v) is 11.4. The quantitative estimate of drug-likeness (QED) is 0.727. The van der Waals surface area contributed by atoms with Crippen LogP contribution in [0.5, 0.6) is 0 Å². The highest BCUT2D eigenvalue weighted by molar-refractivity contribution is 5.86. The molecule has 2 fully saturated rings. The van der Waals surface area contributed by atoms with E-state index >= 15 is 0 Å². The van der Waals surface area contributed by atoms with Crippen LogP contribution in [0.4, 0.5) is 0 Å². The topological polar surface area (TPSA) is 93.1 Å². The van der Waals surface area contributed by atoms with Crippen molar-refractivity contribution < 1.29 is 29.0 Å². The fraction of sp³-hybridized carbons (Fsp3) is 0.769. The fourth-order valence-electron chi connectivity index (χ4n) is 2.91. The van der Waals surface area contributed by atoms with Gasteiger partial charge in [-0.1, -0.05) is 6.42 Å². The standard InChI is InChI=1S/C13H19NO6/c1-19-13(18)10-7-14(5-6-20-10)11(15)8-3-2-4-9(8)12(16)17/h8-10H,2-7H2,1H3,(H,16,17). The van der Waals surface area contributed by atoms with Crippen molar-refractivity contribution >= 4 is 17.8 Å². The van der Waals surface area contributed by atoms with Gasteiger partial charge in [0.15, 0.2) is 6.10 Å². The van der Waals surface area contributed by atoms with Gasteiger partial charge in [0.05, 0.1) is 32.1 Å². The van der Waals surface area contributed by atoms with Crippen molar-refractivity contribution in [2.24, 2.45) is 11.8 Å². The minimum absolute atomic E-state index is 0.133. The summed E-state index contributed by atoms with van der Waals surface area (Å²) < 4.78 is 9.87. The molecule has 7 nitrogen and oxygen atoms in total. The molecule has 7 heteroatoms. The number of carboxylic acids is 1. The van der Waals surface area contributed by atoms with Crippen molar-refractivity contribution in [2.45, 2.75) is 25.4 Å². The number of amides is 1. The van der Waals surface area contributed by atoms with Crippen LogP contribution in [0.1, 0.15) is 19.3 Å². The molecule has 1 amide bonds. The van der Waals surface area contributed by atoms with E-state index in [2.05, 4.69) is 4.74 Å². The van der Waals surface area contributed by atoms with E-state index in [1.54, 1.807) is 0 Å². The minimum Gasteiger partial charge on any atom is -0.481 e. The fourth-order valence-corrected chi connectivity index (χ4v) is 2.91. The summed E-state index contributed by atoms with van der Waals surface area (Å²) in [7, 11) is 1.27. The average Bonchev–Trinajstić information content (AvgIpc) is 2.95. The third-order valence-electron chi connectivity index (χ3n) is 3.99. The number of hydrogen-bond acceptors (Lipinski definition) is 5. The van der Waals surface area contributed by atoms with Crippen LogP contribution in [0.3, 0.4) is 0 Å². The maximum absolute atomic E-state index is 12.4. The first-order valence-electron chi connectivity index (χ1n) is 6.75. The van der Waals surface area contributed by atoms with Crippen LogP contribution in [-0.4, -0.2) is 60.8 Å². The van der Waals surface area contributed by atoms with Crippen molar-refractivity contribution in [3.05, 3.63) is 0 Å². The Labute approximate surface area is 116 Å². The number of aliphatic carboxylic acids is 1. The molecule has 1 saturated carbocycles. The number of rotatable bonds is 3. The molecule has 0 spiro atoms. The van der Waals surface area contributed by atoms with Crippen molar-refractivity contribution in [3.8, 4) is 0 Å². The van der Waals surface area contributed by atoms with Crippen molar-refractivity contribution in [3.63, 3.8) is 0 Å². The Morgan fingerprint density at radius 2 is 1.95 bits per heavy atom. The molecule has 0 radical (unpaired) electrons. The minimum atomic E-state index is -0.918. The van der Waals surface area contributed by atoms with Crippen molar-refractivity contribution in [1.82, 2.24) is 4.90 Å². The summed E-state index contributed by atoms with van der Waals surface area (Å²) in [6.45, 7) is 0.777. The van der Waals surface area contributed by atoms with E-state index in [0.717, 1.165) is 6.42 Å². The lowest BCUT2D eigenvalue weighted by molar-refractivity contribution is -0.165. The highest BCUT2D eigenvalue weighted by Gasteiger charge is 2.41. The predicted octanol–water partition coefficient (Wildman–Crippen LogP) is -0.112. The van der Waals surface area contributed by atoms with Gasteiger partial charge in [-0.25, -0.2) is 4.79 Å². The Kier molecular flexibility index (Phi) is 4.59. The van der Waals surface area contributed by atoms with Gasteiger partial charge >= 0.3 is 11.9 Å². The van der Waals surface area contributed by atoms with Gasteiger partial charge in [0.1, 0.15) is 0 Å². The van der Waals surface area contributed by atoms with Crippen LogP contribution >= 0.6 is 0 Å². The van der Waals surface area contributed by atoms with Crippen molar-refractivity contribution in [2.75, 3.05) is 26.8 Å². The molecule has 3 atom stereocenters. The van der Waals surface area contributed by atoms with Crippen LogP contribution in [0.2, 0.25) is 0 Å². The van der Waals surface area contributed by atoms with Crippen LogP contribution in [-0.2, 0) is 23.9 Å². The first kappa shape index (κ1) is 14.8. The van der Waals surface area contributed by atoms with Gasteiger partial charge in [-0.15, -0.1) is 0 Å². The monoisotopic (exact) mass is 285 g/mol. The molecule has 1 aliphatic heterocycles. The lowest BCUT2D eigenvalue weighted by atomic mass is 9.94. The van der Waals surface area contributed by atoms with Gasteiger partial charge in [-0.05, 0) is 12.8 Å². The first-order valence-corrected chi connectivity index (χ1v) is 6.75. The predicted molar refractivity (Wildman–Crippen MR) is 66.8 cm³/mol. The van der Waals surface area contributed by atoms with Gasteiger partial charge in [0, 0.05) is 6.54 Å². The summed E-state index contributed by atoms with van der Waals surface area (Å²) in [6, 6.07) is 0. The molecular formula is C13H19NO6. The molecule has 0 aromatic heterocycles. The Morgan fingerprint density at radius 1 is 1.25 bits per heavy atom. The second kappa shape index (κ2) is 6.21. The van der Waals surface area contributed by atoms with E-state index in [1.807, 2.05) is 0 Å². The second-order valence-corrected chi connectivity index (χ2v) is 5.15. The third-order valence-corrected chi connectivity index (χ3v) is 3.99. The number of esters is 1. The number of carboxylic acid groups (broad SMARTS) is 1. The number of carbonyl (C=O) groups excluding carboxylic acids is 2. The SMILES string of the molecule is COC(=O)C1CN(C(=O)C2CCCC2C(=O)O)CCO1. The largest absolute Gasteiger partial charge is 0.481 e. The zero-order chi connectivity index (χ0) is 14.7. The smallest absolute Gasteiger partial charge is 0.336 e. The lowest BCUT2D eigenvalue weighted by Crippen LogP contribution is -2.51. The maximum Gasteiger partial charge on any atom is 0.336 e. The molecular weight excluding hydrogens is 266 g/mol. The Balaban J connectivity index is 2.01. The first-order chi connectivity index (χ1) is 9.54. The summed E-state index contributed by atoms with van der Waals surface area (Å²) in [6.07, 6.45) is 1.10. The zero-order valence-electron chi connectivity index (χ0n) is 11.4. The van der Waals surface area contributed by atoms with Gasteiger partial charge in [0.2, 0.25) is 5.91 Å². The summed E-state index contributed by atoms with van der Waals surface area (Å²) in [5, 5.41) is 9.14. The molecule has 20 heavy (non-hydrogen) atoms. The van der Waals surface area contributed by atoms with E-state index in [4.69, 9.17) is 9.84 Å². The van der Waals surface area contributed by atoms with E-state index < -0.39 is 29.9 Å². The van der Waals surface area contributed by atoms with Gasteiger partial charge < -0.3 is 19.5 Å². The molecule has 3 unspecified atom stereocenters. The Morgan fingerprint density at radius 3 is 2.60 bits per heavy atom. The lowest BCUT2D eigenvalue weighted by Gasteiger charge is -2.33. The molecule has 112 valence electrons. The molecule has 0 aromatic carbocycles. The van der Waals surface area contributed by atoms with Crippen LogP contribution in [0.25, 0.3) is 0 Å². The van der Waals surface area contributed by atoms with Crippen LogP contribution in [0.15, 0.2) is 0 Å². The van der Waals surface area contributed by atoms with E-state index in [0.29, 0.717) is 19.4 Å². The molecule has 1 heterocycles. The number of carbonyl (C=O) groups is 3. The number of morpholine rings is 1. The highest BCUT2D eigenvalue weighted by Crippen LogP contribution is 2.33. The average molecular weight is 285 g/mol. The van der Waals surface area contributed by atoms with Gasteiger partial charge in [-0.3, -0.25) is 9.59 Å². The summed E-state index contributed by atoms with van der Waals surface area (Å²) in [5.41, 5.74) is 0. The summed E-state index contributed by atoms with van der Waals surface area (Å²) in [4.78, 5) is 36.5. The van der Waals surface area contributed by atoms with E-state index in [-0.39, 0.29) is 19.1 Å². The van der Waals surface area contributed by atoms with Gasteiger partial charge in [-0.2, -0.15) is 0 Å². The molecule has 1 saturated heterocycles. The molecule has 2 rings (SSSR count).